The average Bonchev–Trinajstić information content (AvgIpc) is 2.24. The molecule has 0 fully saturated rings. The van der Waals surface area contributed by atoms with Crippen LogP contribution < -0.4 is 5.56 Å². The number of alkyl halides is 1. The van der Waals surface area contributed by atoms with Crippen molar-refractivity contribution in [2.24, 2.45) is 0 Å². The van der Waals surface area contributed by atoms with Crippen LogP contribution in [0.2, 0.25) is 0 Å². The van der Waals surface area contributed by atoms with Gasteiger partial charge in [-0.3, -0.25) is 9.20 Å². The highest BCUT2D eigenvalue weighted by Gasteiger charge is 2.09. The van der Waals surface area contributed by atoms with Crippen molar-refractivity contribution in [2.45, 2.75) is 20.3 Å². The smallest absolute Gasteiger partial charge is 0.261 e. The summed E-state index contributed by atoms with van der Waals surface area (Å²) in [6.07, 6.45) is 0.566. The number of rotatable bonds is 2. The van der Waals surface area contributed by atoms with Gasteiger partial charge in [0.15, 0.2) is 0 Å². The van der Waals surface area contributed by atoms with Crippen LogP contribution in [0.3, 0.4) is 0 Å². The third-order valence-corrected chi connectivity index (χ3v) is 2.88. The lowest BCUT2D eigenvalue weighted by atomic mass is 10.2. The molecule has 0 saturated carbocycles. The molecule has 0 N–H and O–H groups in total. The zero-order valence-electron chi connectivity index (χ0n) is 9.33. The average molecular weight is 237 g/mol. The van der Waals surface area contributed by atoms with Gasteiger partial charge >= 0.3 is 0 Å². The molecule has 0 amide bonds. The number of halogens is 1. The van der Waals surface area contributed by atoms with Gasteiger partial charge in [0.2, 0.25) is 0 Å². The number of hydrogen-bond donors (Lipinski definition) is 0. The second-order valence-electron chi connectivity index (χ2n) is 3.78. The Labute approximate surface area is 98.7 Å². The Morgan fingerprint density at radius 2 is 2.12 bits per heavy atom. The molecule has 2 aromatic heterocycles. The zero-order valence-corrected chi connectivity index (χ0v) is 10.1. The molecule has 0 radical (unpaired) electrons. The van der Waals surface area contributed by atoms with Crippen LogP contribution in [0.5, 0.6) is 0 Å². The fourth-order valence-corrected chi connectivity index (χ4v) is 2.05. The first-order valence-electron chi connectivity index (χ1n) is 5.19. The fraction of sp³-hybridized carbons (Fsp3) is 0.333. The van der Waals surface area contributed by atoms with Gasteiger partial charge in [-0.05, 0) is 32.4 Å². The van der Waals surface area contributed by atoms with Gasteiger partial charge in [0.25, 0.3) is 5.56 Å². The van der Waals surface area contributed by atoms with Gasteiger partial charge in [0.1, 0.15) is 5.65 Å². The van der Waals surface area contributed by atoms with Gasteiger partial charge in [-0.2, -0.15) is 0 Å². The summed E-state index contributed by atoms with van der Waals surface area (Å²) in [6.45, 7) is 3.75. The summed E-state index contributed by atoms with van der Waals surface area (Å²) in [5.41, 5.74) is 3.07. The quantitative estimate of drug-likeness (QED) is 0.749. The molecule has 2 rings (SSSR count). The van der Waals surface area contributed by atoms with E-state index in [9.17, 15) is 4.79 Å². The van der Waals surface area contributed by atoms with E-state index in [-0.39, 0.29) is 5.56 Å². The molecule has 4 heteroatoms. The minimum atomic E-state index is 0.00116. The van der Waals surface area contributed by atoms with Crippen molar-refractivity contribution in [2.75, 3.05) is 5.88 Å². The summed E-state index contributed by atoms with van der Waals surface area (Å²) in [5, 5.41) is 0. The monoisotopic (exact) mass is 236 g/mol. The van der Waals surface area contributed by atoms with E-state index in [0.29, 0.717) is 23.5 Å². The van der Waals surface area contributed by atoms with Crippen molar-refractivity contribution in [3.05, 3.63) is 45.5 Å². The molecule has 84 valence electrons. The summed E-state index contributed by atoms with van der Waals surface area (Å²) in [7, 11) is 0. The minimum absolute atomic E-state index is 0.00116. The number of aryl methyl sites for hydroxylation is 2. The van der Waals surface area contributed by atoms with Crippen molar-refractivity contribution in [3.63, 3.8) is 0 Å². The number of hydrogen-bond acceptors (Lipinski definition) is 2. The van der Waals surface area contributed by atoms with Crippen LogP contribution >= 0.6 is 11.6 Å². The van der Waals surface area contributed by atoms with E-state index < -0.39 is 0 Å². The van der Waals surface area contributed by atoms with Crippen molar-refractivity contribution in [1.82, 2.24) is 9.38 Å². The van der Waals surface area contributed by atoms with E-state index >= 15 is 0 Å². The van der Waals surface area contributed by atoms with Crippen LogP contribution in [0.25, 0.3) is 5.65 Å². The number of fused-ring (bicyclic) bond motifs is 1. The summed E-state index contributed by atoms with van der Waals surface area (Å²) in [6, 6.07) is 5.64. The molecule has 16 heavy (non-hydrogen) atoms. The SMILES string of the molecule is Cc1nc2cccc(C)n2c(=O)c1CCCl. The molecule has 0 spiro atoms. The third kappa shape index (κ3) is 1.71. The molecule has 2 aromatic rings. The molecule has 0 aromatic carbocycles. The van der Waals surface area contributed by atoms with Crippen molar-refractivity contribution in [1.29, 1.82) is 0 Å². The summed E-state index contributed by atoms with van der Waals surface area (Å²) in [5.74, 6) is 0.440. The Morgan fingerprint density at radius 1 is 1.38 bits per heavy atom. The molecule has 0 atom stereocenters. The zero-order chi connectivity index (χ0) is 11.7. The van der Waals surface area contributed by atoms with E-state index in [2.05, 4.69) is 4.98 Å². The van der Waals surface area contributed by atoms with Gasteiger partial charge < -0.3 is 0 Å². The molecule has 0 aliphatic carbocycles. The lowest BCUT2D eigenvalue weighted by Gasteiger charge is -2.08. The van der Waals surface area contributed by atoms with Crippen LogP contribution in [-0.2, 0) is 6.42 Å². The van der Waals surface area contributed by atoms with Gasteiger partial charge in [-0.15, -0.1) is 11.6 Å². The normalized spacial score (nSPS) is 10.9. The van der Waals surface area contributed by atoms with E-state index in [4.69, 9.17) is 11.6 Å². The molecule has 0 aliphatic heterocycles. The number of nitrogens with zero attached hydrogens (tertiary/aromatic N) is 2. The van der Waals surface area contributed by atoms with Gasteiger partial charge in [0, 0.05) is 22.8 Å². The van der Waals surface area contributed by atoms with Crippen LogP contribution in [0, 0.1) is 13.8 Å². The predicted molar refractivity (Wildman–Crippen MR) is 65.4 cm³/mol. The third-order valence-electron chi connectivity index (χ3n) is 2.69. The molecule has 3 nitrogen and oxygen atoms in total. The van der Waals surface area contributed by atoms with E-state index in [1.165, 1.54) is 0 Å². The maximum absolute atomic E-state index is 12.2. The first-order valence-corrected chi connectivity index (χ1v) is 5.72. The lowest BCUT2D eigenvalue weighted by molar-refractivity contribution is 0.914. The summed E-state index contributed by atoms with van der Waals surface area (Å²) < 4.78 is 1.63. The molecule has 0 aliphatic rings. The predicted octanol–water partition coefficient (Wildman–Crippen LogP) is 2.09. The molecular weight excluding hydrogens is 224 g/mol. The first-order chi connectivity index (χ1) is 7.65. The minimum Gasteiger partial charge on any atom is -0.269 e. The highest BCUT2D eigenvalue weighted by atomic mass is 35.5. The molecular formula is C12H13ClN2O. The second-order valence-corrected chi connectivity index (χ2v) is 4.16. The Balaban J connectivity index is 2.86. The van der Waals surface area contributed by atoms with E-state index in [1.807, 2.05) is 32.0 Å². The largest absolute Gasteiger partial charge is 0.269 e. The summed E-state index contributed by atoms with van der Waals surface area (Å²) >= 11 is 5.70. The molecule has 0 saturated heterocycles. The van der Waals surface area contributed by atoms with Crippen molar-refractivity contribution in [3.8, 4) is 0 Å². The standard InChI is InChI=1S/C12H13ClN2O/c1-8-4-3-5-11-14-9(2)10(6-7-13)12(16)15(8)11/h3-5H,6-7H2,1-2H3. The Hall–Kier alpha value is -1.35. The van der Waals surface area contributed by atoms with Crippen molar-refractivity contribution < 1.29 is 0 Å². The van der Waals surface area contributed by atoms with Gasteiger partial charge in [0.05, 0.1) is 0 Å². The van der Waals surface area contributed by atoms with Crippen LogP contribution in [0.15, 0.2) is 23.0 Å². The molecule has 0 unspecified atom stereocenters. The Morgan fingerprint density at radius 3 is 2.81 bits per heavy atom. The lowest BCUT2D eigenvalue weighted by Crippen LogP contribution is -2.23. The Bertz CT molecular complexity index is 589. The van der Waals surface area contributed by atoms with Crippen LogP contribution in [-0.4, -0.2) is 15.3 Å². The van der Waals surface area contributed by atoms with Gasteiger partial charge in [-0.1, -0.05) is 6.07 Å². The topological polar surface area (TPSA) is 34.4 Å². The summed E-state index contributed by atoms with van der Waals surface area (Å²) in [4.78, 5) is 16.6. The van der Waals surface area contributed by atoms with Crippen LogP contribution in [0.4, 0.5) is 0 Å². The molecule has 0 bridgehead atoms. The highest BCUT2D eigenvalue weighted by molar-refractivity contribution is 6.18. The highest BCUT2D eigenvalue weighted by Crippen LogP contribution is 2.07. The number of pyridine rings is 1. The van der Waals surface area contributed by atoms with Crippen molar-refractivity contribution >= 4 is 17.2 Å². The van der Waals surface area contributed by atoms with E-state index in [1.54, 1.807) is 4.40 Å². The van der Waals surface area contributed by atoms with Crippen LogP contribution in [0.1, 0.15) is 17.0 Å². The van der Waals surface area contributed by atoms with E-state index in [0.717, 1.165) is 11.4 Å². The van der Waals surface area contributed by atoms with Gasteiger partial charge in [-0.25, -0.2) is 4.98 Å². The molecule has 2 heterocycles. The maximum Gasteiger partial charge on any atom is 0.261 e. The fourth-order valence-electron chi connectivity index (χ4n) is 1.87. The second kappa shape index (κ2) is 4.26. The Kier molecular flexibility index (Phi) is 2.97. The number of aromatic nitrogens is 2. The maximum atomic E-state index is 12.2. The first kappa shape index (κ1) is 11.1.